The minimum atomic E-state index is -3.97. The second-order valence-electron chi connectivity index (χ2n) is 3.46. The van der Waals surface area contributed by atoms with Crippen molar-refractivity contribution < 1.29 is 8.42 Å². The maximum Gasteiger partial charge on any atom is 0.296 e. The highest BCUT2D eigenvalue weighted by atomic mass is 35.6. The van der Waals surface area contributed by atoms with Crippen LogP contribution in [-0.4, -0.2) is 11.5 Å². The van der Waals surface area contributed by atoms with E-state index in [9.17, 15) is 8.42 Å². The Morgan fingerprint density at radius 1 is 0.882 bits per heavy atom. The van der Waals surface area contributed by atoms with Gasteiger partial charge in [-0.25, -0.2) is 8.42 Å². The van der Waals surface area contributed by atoms with E-state index in [0.29, 0.717) is 0 Å². The molecule has 0 spiro atoms. The Balaban J connectivity index is 2.66. The summed E-state index contributed by atoms with van der Waals surface area (Å²) in [7, 11) is -3.97. The molecule has 0 saturated carbocycles. The van der Waals surface area contributed by atoms with Gasteiger partial charge in [-0.1, -0.05) is 65.1 Å². The Morgan fingerprint density at radius 2 is 1.47 bits per heavy atom. The van der Waals surface area contributed by atoms with Gasteiger partial charge in [-0.2, -0.15) is 0 Å². The van der Waals surface area contributed by atoms with Crippen LogP contribution in [0.15, 0.2) is 47.4 Å². The summed E-state index contributed by atoms with van der Waals surface area (Å²) in [6.07, 6.45) is 0. The Labute approximate surface area is 114 Å². The third kappa shape index (κ3) is 2.38. The number of hydrogen-bond donors (Lipinski definition) is 0. The average Bonchev–Trinajstić information content (AvgIpc) is 2.27. The summed E-state index contributed by atoms with van der Waals surface area (Å²) in [5.74, 6) is 0. The van der Waals surface area contributed by atoms with Crippen LogP contribution in [0, 0.1) is 0 Å². The van der Waals surface area contributed by atoms with E-state index in [2.05, 4.69) is 0 Å². The fraction of sp³-hybridized carbons (Fsp3) is 0.0909. The second-order valence-corrected chi connectivity index (χ2v) is 8.50. The van der Waals surface area contributed by atoms with Crippen LogP contribution in [0.4, 0.5) is 0 Å². The molecule has 0 atom stereocenters. The lowest BCUT2D eigenvalue weighted by Gasteiger charge is -2.12. The van der Waals surface area contributed by atoms with Crippen LogP contribution in [0.3, 0.4) is 0 Å². The number of hydrogen-bond acceptors (Lipinski definition) is 2. The molecule has 0 aliphatic rings. The smallest absolute Gasteiger partial charge is 0.219 e. The summed E-state index contributed by atoms with van der Waals surface area (Å²) in [5.41, 5.74) is 0. The van der Waals surface area contributed by atoms with Gasteiger partial charge in [-0.15, -0.1) is 0 Å². The fourth-order valence-electron chi connectivity index (χ4n) is 1.47. The van der Waals surface area contributed by atoms with E-state index in [1.807, 2.05) is 18.2 Å². The minimum absolute atomic E-state index is 0.00352. The molecule has 0 saturated heterocycles. The first-order chi connectivity index (χ1) is 7.82. The van der Waals surface area contributed by atoms with E-state index in [-0.39, 0.29) is 4.90 Å². The highest BCUT2D eigenvalue weighted by Gasteiger charge is 2.39. The van der Waals surface area contributed by atoms with Crippen molar-refractivity contribution in [1.29, 1.82) is 0 Å². The van der Waals surface area contributed by atoms with Crippen LogP contribution >= 0.6 is 34.8 Å². The molecule has 2 rings (SSSR count). The number of sulfone groups is 1. The monoisotopic (exact) mass is 308 g/mol. The van der Waals surface area contributed by atoms with Gasteiger partial charge >= 0.3 is 0 Å². The van der Waals surface area contributed by atoms with Crippen LogP contribution in [0.5, 0.6) is 0 Å². The fourth-order valence-corrected chi connectivity index (χ4v) is 3.07. The van der Waals surface area contributed by atoms with Crippen LogP contribution in [0.25, 0.3) is 10.8 Å². The maximum atomic E-state index is 11.9. The average molecular weight is 310 g/mol. The standard InChI is InChI=1S/C11H7Cl3O2S/c12-11(13,14)17(15,16)10-6-5-8-3-1-2-4-9(8)7-10/h1-7H. The summed E-state index contributed by atoms with van der Waals surface area (Å²) >= 11 is 16.4. The number of rotatable bonds is 1. The van der Waals surface area contributed by atoms with E-state index < -0.39 is 13.0 Å². The number of halogens is 3. The first kappa shape index (κ1) is 13.0. The van der Waals surface area contributed by atoms with Crippen molar-refractivity contribution in [1.82, 2.24) is 0 Å². The summed E-state index contributed by atoms with van der Waals surface area (Å²) in [6.45, 7) is 0. The molecule has 0 N–H and O–H groups in total. The molecule has 6 heteroatoms. The predicted octanol–water partition coefficient (Wildman–Crippen LogP) is 3.94. The van der Waals surface area contributed by atoms with Crippen molar-refractivity contribution in [3.05, 3.63) is 42.5 Å². The van der Waals surface area contributed by atoms with Gasteiger partial charge in [0.05, 0.1) is 4.90 Å². The molecule has 0 fully saturated rings. The lowest BCUT2D eigenvalue weighted by molar-refractivity contribution is 0.596. The lowest BCUT2D eigenvalue weighted by atomic mass is 10.1. The normalized spacial score (nSPS) is 12.9. The molecule has 0 heterocycles. The molecule has 90 valence electrons. The van der Waals surface area contributed by atoms with Gasteiger partial charge < -0.3 is 0 Å². The molecule has 0 unspecified atom stereocenters. The van der Waals surface area contributed by atoms with Crippen LogP contribution in [0.2, 0.25) is 0 Å². The molecule has 2 aromatic rings. The summed E-state index contributed by atoms with van der Waals surface area (Å²) in [6, 6.07) is 12.0. The lowest BCUT2D eigenvalue weighted by Crippen LogP contribution is -2.19. The molecule has 0 aliphatic carbocycles. The third-order valence-electron chi connectivity index (χ3n) is 2.34. The zero-order valence-electron chi connectivity index (χ0n) is 8.40. The molecular formula is C11H7Cl3O2S. The van der Waals surface area contributed by atoms with Crippen molar-refractivity contribution in [2.45, 2.75) is 8.02 Å². The molecule has 0 aromatic heterocycles. The topological polar surface area (TPSA) is 34.1 Å². The van der Waals surface area contributed by atoms with Gasteiger partial charge in [0.2, 0.25) is 9.84 Å². The van der Waals surface area contributed by atoms with Gasteiger partial charge in [0.25, 0.3) is 3.12 Å². The van der Waals surface area contributed by atoms with E-state index in [1.54, 1.807) is 12.1 Å². The Bertz CT molecular complexity index is 660. The van der Waals surface area contributed by atoms with Gasteiger partial charge in [-0.3, -0.25) is 0 Å². The quantitative estimate of drug-likeness (QED) is 0.748. The minimum Gasteiger partial charge on any atom is -0.219 e. The van der Waals surface area contributed by atoms with E-state index in [1.165, 1.54) is 12.1 Å². The molecule has 0 bridgehead atoms. The van der Waals surface area contributed by atoms with Crippen molar-refractivity contribution in [3.63, 3.8) is 0 Å². The van der Waals surface area contributed by atoms with Gasteiger partial charge in [0, 0.05) is 0 Å². The zero-order chi connectivity index (χ0) is 12.7. The highest BCUT2D eigenvalue weighted by molar-refractivity contribution is 7.97. The van der Waals surface area contributed by atoms with Crippen molar-refractivity contribution >= 4 is 55.4 Å². The first-order valence-corrected chi connectivity index (χ1v) is 7.24. The zero-order valence-corrected chi connectivity index (χ0v) is 11.5. The number of fused-ring (bicyclic) bond motifs is 1. The summed E-state index contributed by atoms with van der Waals surface area (Å²) in [4.78, 5) is -0.00352. The Hall–Kier alpha value is -0.480. The van der Waals surface area contributed by atoms with Crippen molar-refractivity contribution in [2.75, 3.05) is 0 Å². The molecule has 2 nitrogen and oxygen atoms in total. The van der Waals surface area contributed by atoms with E-state index in [0.717, 1.165) is 10.8 Å². The van der Waals surface area contributed by atoms with Crippen LogP contribution < -0.4 is 0 Å². The SMILES string of the molecule is O=S(=O)(c1ccc2ccccc2c1)C(Cl)(Cl)Cl. The molecule has 0 amide bonds. The van der Waals surface area contributed by atoms with Gasteiger partial charge in [0.1, 0.15) is 0 Å². The van der Waals surface area contributed by atoms with E-state index >= 15 is 0 Å². The third-order valence-corrected chi connectivity index (χ3v) is 5.65. The highest BCUT2D eigenvalue weighted by Crippen LogP contribution is 2.38. The summed E-state index contributed by atoms with van der Waals surface area (Å²) < 4.78 is 21.5. The van der Waals surface area contributed by atoms with E-state index in [4.69, 9.17) is 34.8 Å². The van der Waals surface area contributed by atoms with Crippen LogP contribution in [0.1, 0.15) is 0 Å². The largest absolute Gasteiger partial charge is 0.296 e. The number of alkyl halides is 3. The predicted molar refractivity (Wildman–Crippen MR) is 71.4 cm³/mol. The molecular weight excluding hydrogens is 303 g/mol. The van der Waals surface area contributed by atoms with Crippen LogP contribution in [-0.2, 0) is 9.84 Å². The Morgan fingerprint density at radius 3 is 2.06 bits per heavy atom. The molecule has 17 heavy (non-hydrogen) atoms. The number of benzene rings is 2. The molecule has 0 radical (unpaired) electrons. The summed E-state index contributed by atoms with van der Waals surface area (Å²) in [5, 5.41) is 1.71. The second kappa shape index (κ2) is 4.32. The van der Waals surface area contributed by atoms with Crippen molar-refractivity contribution in [2.24, 2.45) is 0 Å². The molecule has 2 aromatic carbocycles. The van der Waals surface area contributed by atoms with Gasteiger partial charge in [-0.05, 0) is 22.9 Å². The maximum absolute atomic E-state index is 11.9. The first-order valence-electron chi connectivity index (χ1n) is 4.62. The molecule has 0 aliphatic heterocycles. The van der Waals surface area contributed by atoms with Gasteiger partial charge in [0.15, 0.2) is 0 Å². The van der Waals surface area contributed by atoms with Crippen molar-refractivity contribution in [3.8, 4) is 0 Å². The Kier molecular flexibility index (Phi) is 3.29.